The second-order valence-electron chi connectivity index (χ2n) is 9.04. The van der Waals surface area contributed by atoms with E-state index in [9.17, 15) is 18.0 Å². The van der Waals surface area contributed by atoms with E-state index < -0.39 is 28.5 Å². The summed E-state index contributed by atoms with van der Waals surface area (Å²) < 4.78 is 26.2. The standard InChI is InChI=1S/C25H30Cl3N3O4S/c1-17(25(33)29-20-8-4-3-5-9-20)30(15-18-11-12-22(27)23(28)13-18)24(32)16-31(36(2,34)35)21-10-6-7-19(26)14-21/h6-7,10-14,17,20H,3-5,8-9,15-16H2,1-2H3,(H,29,33)/t17-/m0/s1. The molecule has 0 spiro atoms. The van der Waals surface area contributed by atoms with E-state index in [1.54, 1.807) is 43.3 Å². The van der Waals surface area contributed by atoms with Gasteiger partial charge in [-0.15, -0.1) is 0 Å². The Kier molecular flexibility index (Phi) is 9.92. The van der Waals surface area contributed by atoms with Crippen molar-refractivity contribution in [2.24, 2.45) is 0 Å². The zero-order valence-electron chi connectivity index (χ0n) is 20.2. The van der Waals surface area contributed by atoms with E-state index in [2.05, 4.69) is 5.32 Å². The predicted octanol–water partition coefficient (Wildman–Crippen LogP) is 5.28. The fourth-order valence-corrected chi connectivity index (χ4v) is 5.58. The van der Waals surface area contributed by atoms with Crippen molar-refractivity contribution in [2.45, 2.75) is 57.7 Å². The molecule has 196 valence electrons. The topological polar surface area (TPSA) is 86.8 Å². The van der Waals surface area contributed by atoms with Gasteiger partial charge in [0.25, 0.3) is 0 Å². The van der Waals surface area contributed by atoms with Crippen LogP contribution >= 0.6 is 34.8 Å². The molecule has 0 saturated heterocycles. The summed E-state index contributed by atoms with van der Waals surface area (Å²) in [7, 11) is -3.83. The highest BCUT2D eigenvalue weighted by Gasteiger charge is 2.31. The van der Waals surface area contributed by atoms with Gasteiger partial charge < -0.3 is 10.2 Å². The van der Waals surface area contributed by atoms with Crippen LogP contribution in [0.5, 0.6) is 0 Å². The molecule has 11 heteroatoms. The molecule has 1 aliphatic rings. The van der Waals surface area contributed by atoms with Crippen LogP contribution in [-0.4, -0.2) is 50.0 Å². The van der Waals surface area contributed by atoms with Crippen molar-refractivity contribution in [3.8, 4) is 0 Å². The van der Waals surface area contributed by atoms with Crippen molar-refractivity contribution in [2.75, 3.05) is 17.1 Å². The lowest BCUT2D eigenvalue weighted by Gasteiger charge is -2.33. The minimum absolute atomic E-state index is 0.0438. The van der Waals surface area contributed by atoms with Crippen molar-refractivity contribution >= 4 is 62.3 Å². The van der Waals surface area contributed by atoms with Crippen LogP contribution in [0.25, 0.3) is 0 Å². The molecule has 1 aliphatic carbocycles. The van der Waals surface area contributed by atoms with Gasteiger partial charge in [0.1, 0.15) is 12.6 Å². The number of carbonyl (C=O) groups is 2. The molecule has 0 radical (unpaired) electrons. The number of anilines is 1. The fourth-order valence-electron chi connectivity index (χ4n) is 4.23. The van der Waals surface area contributed by atoms with E-state index in [0.29, 0.717) is 20.6 Å². The van der Waals surface area contributed by atoms with Crippen LogP contribution in [0.1, 0.15) is 44.6 Å². The van der Waals surface area contributed by atoms with Crippen molar-refractivity contribution < 1.29 is 18.0 Å². The molecule has 2 aromatic carbocycles. The van der Waals surface area contributed by atoms with Crippen molar-refractivity contribution in [1.29, 1.82) is 0 Å². The van der Waals surface area contributed by atoms with Crippen LogP contribution in [-0.2, 0) is 26.2 Å². The molecular weight excluding hydrogens is 545 g/mol. The maximum atomic E-state index is 13.6. The van der Waals surface area contributed by atoms with E-state index in [1.807, 2.05) is 0 Å². The number of carbonyl (C=O) groups excluding carboxylic acids is 2. The van der Waals surface area contributed by atoms with Crippen LogP contribution in [0, 0.1) is 0 Å². The first-order chi connectivity index (χ1) is 17.0. The molecule has 3 rings (SSSR count). The molecule has 0 aliphatic heterocycles. The Morgan fingerprint density at radius 1 is 1.03 bits per heavy atom. The van der Waals surface area contributed by atoms with Gasteiger partial charge in [-0.25, -0.2) is 8.42 Å². The van der Waals surface area contributed by atoms with Crippen LogP contribution in [0.2, 0.25) is 15.1 Å². The molecule has 1 atom stereocenters. The smallest absolute Gasteiger partial charge is 0.244 e. The first-order valence-corrected chi connectivity index (χ1v) is 14.7. The van der Waals surface area contributed by atoms with E-state index in [1.165, 1.54) is 11.0 Å². The molecule has 36 heavy (non-hydrogen) atoms. The number of hydrogen-bond donors (Lipinski definition) is 1. The molecule has 0 aromatic heterocycles. The van der Waals surface area contributed by atoms with Gasteiger partial charge in [0.2, 0.25) is 21.8 Å². The minimum atomic E-state index is -3.83. The fraction of sp³-hybridized carbons (Fsp3) is 0.440. The summed E-state index contributed by atoms with van der Waals surface area (Å²) in [4.78, 5) is 28.1. The molecule has 2 aromatic rings. The highest BCUT2D eigenvalue weighted by Crippen LogP contribution is 2.25. The van der Waals surface area contributed by atoms with Crippen LogP contribution in [0.3, 0.4) is 0 Å². The Morgan fingerprint density at radius 2 is 1.72 bits per heavy atom. The van der Waals surface area contributed by atoms with Crippen molar-refractivity contribution in [3.63, 3.8) is 0 Å². The molecule has 1 saturated carbocycles. The van der Waals surface area contributed by atoms with E-state index >= 15 is 0 Å². The summed E-state index contributed by atoms with van der Waals surface area (Å²) in [5, 5.41) is 4.07. The van der Waals surface area contributed by atoms with Gasteiger partial charge in [-0.05, 0) is 55.7 Å². The lowest BCUT2D eigenvalue weighted by atomic mass is 9.95. The van der Waals surface area contributed by atoms with Gasteiger partial charge in [-0.1, -0.05) is 66.2 Å². The van der Waals surface area contributed by atoms with Crippen molar-refractivity contribution in [3.05, 3.63) is 63.1 Å². The lowest BCUT2D eigenvalue weighted by molar-refractivity contribution is -0.139. The van der Waals surface area contributed by atoms with Gasteiger partial charge in [-0.2, -0.15) is 0 Å². The maximum absolute atomic E-state index is 13.6. The second-order valence-corrected chi connectivity index (χ2v) is 12.2. The largest absolute Gasteiger partial charge is 0.352 e. The monoisotopic (exact) mass is 573 g/mol. The van der Waals surface area contributed by atoms with Crippen LogP contribution in [0.4, 0.5) is 5.69 Å². The van der Waals surface area contributed by atoms with E-state index in [-0.39, 0.29) is 24.2 Å². The number of rotatable bonds is 9. The van der Waals surface area contributed by atoms with Gasteiger partial charge in [0.15, 0.2) is 0 Å². The number of hydrogen-bond acceptors (Lipinski definition) is 4. The quantitative estimate of drug-likeness (QED) is 0.442. The second kappa shape index (κ2) is 12.5. The third kappa shape index (κ3) is 7.75. The Labute approximate surface area is 227 Å². The SMILES string of the molecule is C[C@@H](C(=O)NC1CCCCC1)N(Cc1ccc(Cl)c(Cl)c1)C(=O)CN(c1cccc(Cl)c1)S(C)(=O)=O. The zero-order valence-corrected chi connectivity index (χ0v) is 23.3. The summed E-state index contributed by atoms with van der Waals surface area (Å²) >= 11 is 18.3. The van der Waals surface area contributed by atoms with Crippen LogP contribution < -0.4 is 9.62 Å². The summed E-state index contributed by atoms with van der Waals surface area (Å²) in [5.74, 6) is -0.832. The van der Waals surface area contributed by atoms with Crippen LogP contribution in [0.15, 0.2) is 42.5 Å². The number of benzene rings is 2. The van der Waals surface area contributed by atoms with E-state index in [4.69, 9.17) is 34.8 Å². The number of sulfonamides is 1. The molecule has 0 unspecified atom stereocenters. The molecule has 0 bridgehead atoms. The first-order valence-electron chi connectivity index (χ1n) is 11.7. The minimum Gasteiger partial charge on any atom is -0.352 e. The number of nitrogens with zero attached hydrogens (tertiary/aromatic N) is 2. The van der Waals surface area contributed by atoms with Crippen molar-refractivity contribution in [1.82, 2.24) is 10.2 Å². The number of halogens is 3. The Hall–Kier alpha value is -2.00. The van der Waals surface area contributed by atoms with E-state index in [0.717, 1.165) is 42.7 Å². The Morgan fingerprint density at radius 3 is 2.33 bits per heavy atom. The van der Waals surface area contributed by atoms with Gasteiger partial charge >= 0.3 is 0 Å². The molecular formula is C25H30Cl3N3O4S. The average molecular weight is 575 g/mol. The normalized spacial score (nSPS) is 15.2. The molecule has 2 amide bonds. The predicted molar refractivity (Wildman–Crippen MR) is 145 cm³/mol. The molecule has 1 fully saturated rings. The highest BCUT2D eigenvalue weighted by molar-refractivity contribution is 7.92. The molecule has 7 nitrogen and oxygen atoms in total. The summed E-state index contributed by atoms with van der Waals surface area (Å²) in [6.45, 7) is 1.18. The lowest BCUT2D eigenvalue weighted by Crippen LogP contribution is -2.52. The summed E-state index contributed by atoms with van der Waals surface area (Å²) in [6, 6.07) is 10.4. The third-order valence-corrected chi connectivity index (χ3v) is 8.35. The van der Waals surface area contributed by atoms with Gasteiger partial charge in [0, 0.05) is 17.6 Å². The number of nitrogens with one attached hydrogen (secondary N) is 1. The zero-order chi connectivity index (χ0) is 26.5. The Balaban J connectivity index is 1.89. The third-order valence-electron chi connectivity index (χ3n) is 6.23. The summed E-state index contributed by atoms with van der Waals surface area (Å²) in [6.07, 6.45) is 6.06. The maximum Gasteiger partial charge on any atom is 0.244 e. The Bertz CT molecular complexity index is 1200. The summed E-state index contributed by atoms with van der Waals surface area (Å²) in [5.41, 5.74) is 0.913. The number of amides is 2. The molecule has 1 N–H and O–H groups in total. The van der Waals surface area contributed by atoms with Gasteiger partial charge in [-0.3, -0.25) is 13.9 Å². The van der Waals surface area contributed by atoms with Gasteiger partial charge in [0.05, 0.1) is 22.0 Å². The average Bonchev–Trinajstić information content (AvgIpc) is 2.82. The highest BCUT2D eigenvalue weighted by atomic mass is 35.5. The molecule has 0 heterocycles. The first kappa shape index (κ1) is 28.6.